The Labute approximate surface area is 248 Å². The molecule has 0 aliphatic carbocycles. The zero-order chi connectivity index (χ0) is 31.3. The Kier molecular flexibility index (Phi) is 13.3. The molecule has 15 heteroatoms. The molecular weight excluding hydrogens is 564 g/mol. The van der Waals surface area contributed by atoms with Gasteiger partial charge in [0.1, 0.15) is 12.1 Å². The lowest BCUT2D eigenvalue weighted by Crippen LogP contribution is -2.64. The number of amides is 3. The lowest BCUT2D eigenvalue weighted by Gasteiger charge is -2.42. The predicted molar refractivity (Wildman–Crippen MR) is 160 cm³/mol. The van der Waals surface area contributed by atoms with Gasteiger partial charge in [-0.2, -0.15) is 9.82 Å². The number of carbonyl (C=O) groups is 3. The van der Waals surface area contributed by atoms with Crippen molar-refractivity contribution in [2.75, 3.05) is 33.8 Å². The van der Waals surface area contributed by atoms with Crippen LogP contribution in [0, 0.1) is 0 Å². The fourth-order valence-electron chi connectivity index (χ4n) is 3.96. The van der Waals surface area contributed by atoms with Crippen molar-refractivity contribution in [2.45, 2.75) is 75.6 Å². The first-order valence-corrected chi connectivity index (χ1v) is 15.3. The monoisotopic (exact) mass is 608 g/mol. The average molecular weight is 609 g/mol. The number of carbonyl (C=O) groups excluding carboxylic acids is 3. The maximum Gasteiger partial charge on any atom is 0.243 e. The molecular formula is C27H44N8O6S. The van der Waals surface area contributed by atoms with Crippen molar-refractivity contribution in [1.29, 1.82) is 0 Å². The van der Waals surface area contributed by atoms with Crippen molar-refractivity contribution < 1.29 is 27.5 Å². The summed E-state index contributed by atoms with van der Waals surface area (Å²) in [6.45, 7) is 7.36. The van der Waals surface area contributed by atoms with Crippen molar-refractivity contribution >= 4 is 39.9 Å². The van der Waals surface area contributed by atoms with Crippen molar-refractivity contribution in [3.8, 4) is 0 Å². The van der Waals surface area contributed by atoms with Gasteiger partial charge in [0.2, 0.25) is 27.7 Å². The number of hydrogen-bond donors (Lipinski definition) is 5. The summed E-state index contributed by atoms with van der Waals surface area (Å²) < 4.78 is 34.3. The maximum absolute atomic E-state index is 13.6. The summed E-state index contributed by atoms with van der Waals surface area (Å²) in [4.78, 5) is 43.5. The number of hydrogen-bond acceptors (Lipinski definition) is 8. The first-order valence-electron chi connectivity index (χ1n) is 13.8. The summed E-state index contributed by atoms with van der Waals surface area (Å²) in [5.41, 5.74) is 1.70. The molecule has 5 N–H and O–H groups in total. The molecule has 0 unspecified atom stereocenters. The summed E-state index contributed by atoms with van der Waals surface area (Å²) in [6.07, 6.45) is 2.97. The SMILES string of the molecule is CN=C(NC)NCCC[C@@H](/C=N\NC(C)=O)NC(=O)[C@@H]1CCN1C(=O)[C@@H](COC(C)(C)C)NS(=O)(=O)c1ccccc1. The number of sulfonamides is 1. The van der Waals surface area contributed by atoms with Crippen LogP contribution in [-0.4, -0.2) is 101 Å². The van der Waals surface area contributed by atoms with E-state index in [-0.39, 0.29) is 24.0 Å². The van der Waals surface area contributed by atoms with Gasteiger partial charge in [-0.3, -0.25) is 19.4 Å². The highest BCUT2D eigenvalue weighted by Gasteiger charge is 2.42. The van der Waals surface area contributed by atoms with Crippen LogP contribution in [0.15, 0.2) is 45.3 Å². The van der Waals surface area contributed by atoms with Crippen molar-refractivity contribution in [2.24, 2.45) is 10.1 Å². The van der Waals surface area contributed by atoms with Crippen LogP contribution in [-0.2, 0) is 29.1 Å². The van der Waals surface area contributed by atoms with Crippen molar-refractivity contribution in [3.63, 3.8) is 0 Å². The van der Waals surface area contributed by atoms with Gasteiger partial charge >= 0.3 is 0 Å². The minimum atomic E-state index is -4.04. The molecule has 0 spiro atoms. The van der Waals surface area contributed by atoms with Crippen LogP contribution in [0.4, 0.5) is 0 Å². The van der Waals surface area contributed by atoms with Crippen LogP contribution in [0.2, 0.25) is 0 Å². The number of nitrogens with zero attached hydrogens (tertiary/aromatic N) is 3. The van der Waals surface area contributed by atoms with Crippen LogP contribution in [0.1, 0.15) is 47.0 Å². The average Bonchev–Trinajstić information content (AvgIpc) is 2.90. The highest BCUT2D eigenvalue weighted by atomic mass is 32.2. The summed E-state index contributed by atoms with van der Waals surface area (Å²) in [5, 5.41) is 12.8. The lowest BCUT2D eigenvalue weighted by atomic mass is 9.99. The molecule has 3 amide bonds. The third-order valence-corrected chi connectivity index (χ3v) is 7.67. The minimum absolute atomic E-state index is 0.0132. The fraction of sp³-hybridized carbons (Fsp3) is 0.593. The molecule has 0 radical (unpaired) electrons. The second-order valence-corrected chi connectivity index (χ2v) is 12.4. The number of nitrogens with one attached hydrogen (secondary N) is 5. The Morgan fingerprint density at radius 3 is 2.43 bits per heavy atom. The van der Waals surface area contributed by atoms with Crippen LogP contribution in [0.5, 0.6) is 0 Å². The van der Waals surface area contributed by atoms with Crippen LogP contribution < -0.4 is 26.1 Å². The summed E-state index contributed by atoms with van der Waals surface area (Å²) >= 11 is 0. The van der Waals surface area contributed by atoms with E-state index in [1.165, 1.54) is 30.2 Å². The Hall–Kier alpha value is -3.56. The quantitative estimate of drug-likeness (QED) is 0.0842. The van der Waals surface area contributed by atoms with Crippen molar-refractivity contribution in [1.82, 2.24) is 31.0 Å². The van der Waals surface area contributed by atoms with Crippen LogP contribution in [0.25, 0.3) is 0 Å². The molecule has 1 saturated heterocycles. The number of benzene rings is 1. The summed E-state index contributed by atoms with van der Waals surface area (Å²) in [6, 6.07) is 5.16. The van der Waals surface area contributed by atoms with Gasteiger partial charge in [0.05, 0.1) is 23.1 Å². The second-order valence-electron chi connectivity index (χ2n) is 10.7. The molecule has 42 heavy (non-hydrogen) atoms. The Morgan fingerprint density at radius 2 is 1.88 bits per heavy atom. The molecule has 1 aliphatic rings. The highest BCUT2D eigenvalue weighted by Crippen LogP contribution is 2.21. The van der Waals surface area contributed by atoms with Crippen molar-refractivity contribution in [3.05, 3.63) is 30.3 Å². The van der Waals surface area contributed by atoms with E-state index in [4.69, 9.17) is 4.74 Å². The van der Waals surface area contributed by atoms with E-state index < -0.39 is 45.6 Å². The summed E-state index contributed by atoms with van der Waals surface area (Å²) in [7, 11) is -0.636. The first-order chi connectivity index (χ1) is 19.8. The van der Waals surface area contributed by atoms with Gasteiger partial charge in [-0.25, -0.2) is 13.8 Å². The normalized spacial score (nSPS) is 17.2. The van der Waals surface area contributed by atoms with E-state index in [1.807, 2.05) is 0 Å². The molecule has 1 heterocycles. The Balaban J connectivity index is 2.13. The van der Waals surface area contributed by atoms with Gasteiger partial charge in [0.15, 0.2) is 5.96 Å². The molecule has 1 fully saturated rings. The largest absolute Gasteiger partial charge is 0.374 e. The van der Waals surface area contributed by atoms with Crippen LogP contribution in [0.3, 0.4) is 0 Å². The molecule has 1 aliphatic heterocycles. The van der Waals surface area contributed by atoms with E-state index >= 15 is 0 Å². The maximum atomic E-state index is 13.6. The van der Waals surface area contributed by atoms with Gasteiger partial charge in [0, 0.05) is 40.3 Å². The number of aliphatic imine (C=N–C) groups is 1. The molecule has 0 aromatic heterocycles. The van der Waals surface area contributed by atoms with E-state index in [0.717, 1.165) is 0 Å². The second kappa shape index (κ2) is 16.2. The number of ether oxygens (including phenoxy) is 1. The Morgan fingerprint density at radius 1 is 1.19 bits per heavy atom. The molecule has 0 bridgehead atoms. The van der Waals surface area contributed by atoms with E-state index in [2.05, 4.69) is 36.2 Å². The molecule has 14 nitrogen and oxygen atoms in total. The van der Waals surface area contributed by atoms with Gasteiger partial charge < -0.3 is 25.6 Å². The van der Waals surface area contributed by atoms with Crippen LogP contribution >= 0.6 is 0 Å². The van der Waals surface area contributed by atoms with Gasteiger partial charge in [0.25, 0.3) is 0 Å². The molecule has 0 saturated carbocycles. The number of hydrazone groups is 1. The minimum Gasteiger partial charge on any atom is -0.374 e. The molecule has 1 aromatic carbocycles. The van der Waals surface area contributed by atoms with E-state index in [9.17, 15) is 22.8 Å². The van der Waals surface area contributed by atoms with E-state index in [0.29, 0.717) is 31.8 Å². The topological polar surface area (TPSA) is 183 Å². The third kappa shape index (κ3) is 11.4. The smallest absolute Gasteiger partial charge is 0.243 e. The zero-order valence-electron chi connectivity index (χ0n) is 25.1. The first kappa shape index (κ1) is 34.6. The number of guanidine groups is 1. The third-order valence-electron chi connectivity index (χ3n) is 6.19. The molecule has 234 valence electrons. The molecule has 1 aromatic rings. The molecule has 2 rings (SSSR count). The highest BCUT2D eigenvalue weighted by molar-refractivity contribution is 7.89. The van der Waals surface area contributed by atoms with E-state index in [1.54, 1.807) is 53.1 Å². The Bertz CT molecular complexity index is 1220. The lowest BCUT2D eigenvalue weighted by molar-refractivity contribution is -0.150. The number of likely N-dealkylation sites (tertiary alicyclic amines) is 1. The molecule has 3 atom stereocenters. The predicted octanol–water partition coefficient (Wildman–Crippen LogP) is -0.0688. The fourth-order valence-corrected chi connectivity index (χ4v) is 5.15. The summed E-state index contributed by atoms with van der Waals surface area (Å²) in [5.74, 6) is -0.697. The standard InChI is InChI=1S/C27H44N8O6S/c1-19(36)33-31-17-20(11-10-15-30-26(28-5)29-6)32-24(37)23-14-16-35(23)25(38)22(18-41-27(2,3)4)34-42(39,40)21-12-8-7-9-13-21/h7-9,12-13,17,20,22-23,34H,10-11,14-16,18H2,1-6H3,(H,32,37)(H,33,36)(H2,28,29,30)/b31-17-/t20-,22+,23-/m0/s1. The van der Waals surface area contributed by atoms with Gasteiger partial charge in [-0.05, 0) is 52.2 Å². The zero-order valence-corrected chi connectivity index (χ0v) is 26.0. The van der Waals surface area contributed by atoms with Gasteiger partial charge in [-0.15, -0.1) is 0 Å². The van der Waals surface area contributed by atoms with Gasteiger partial charge in [-0.1, -0.05) is 18.2 Å². The number of rotatable bonds is 14.